The van der Waals surface area contributed by atoms with Gasteiger partial charge in [-0.1, -0.05) is 17.7 Å². The molecule has 0 amide bonds. The highest BCUT2D eigenvalue weighted by Crippen LogP contribution is 2.36. The first-order valence-electron chi connectivity index (χ1n) is 4.09. The molecule has 0 N–H and O–H groups in total. The van der Waals surface area contributed by atoms with Gasteiger partial charge >= 0.3 is 6.18 Å². The van der Waals surface area contributed by atoms with E-state index in [9.17, 15) is 13.2 Å². The van der Waals surface area contributed by atoms with E-state index < -0.39 is 16.8 Å². The Labute approximate surface area is 92.6 Å². The molecule has 0 fully saturated rings. The smallest absolute Gasteiger partial charge is 0.199 e. The van der Waals surface area contributed by atoms with Gasteiger partial charge in [0.15, 0.2) is 0 Å². The fourth-order valence-electron chi connectivity index (χ4n) is 1.19. The molecule has 84 valence electrons. The van der Waals surface area contributed by atoms with E-state index in [1.54, 1.807) is 0 Å². The summed E-state index contributed by atoms with van der Waals surface area (Å²) < 4.78 is 38.6. The summed E-state index contributed by atoms with van der Waals surface area (Å²) in [4.78, 5) is 0. The quantitative estimate of drug-likeness (QED) is 0.778. The summed E-state index contributed by atoms with van der Waals surface area (Å²) in [7, 11) is 0. The second-order valence-corrected chi connectivity index (χ2v) is 3.27. The minimum absolute atomic E-state index is 0.0847. The Kier molecular flexibility index (Phi) is 2.55. The molecule has 16 heavy (non-hydrogen) atoms. The topological polar surface area (TPSA) is 43.6 Å². The van der Waals surface area contributed by atoms with Gasteiger partial charge in [-0.25, -0.2) is 0 Å². The molecule has 0 bridgehead atoms. The van der Waals surface area contributed by atoms with Crippen molar-refractivity contribution in [2.24, 2.45) is 0 Å². The van der Waals surface area contributed by atoms with Crippen LogP contribution < -0.4 is 0 Å². The molecule has 0 saturated heterocycles. The number of nitrogens with zero attached hydrogens (tertiary/aromatic N) is 4. The van der Waals surface area contributed by atoms with Crippen molar-refractivity contribution in [1.82, 2.24) is 20.2 Å². The van der Waals surface area contributed by atoms with E-state index >= 15 is 0 Å². The van der Waals surface area contributed by atoms with Gasteiger partial charge in [0, 0.05) is 0 Å². The summed E-state index contributed by atoms with van der Waals surface area (Å²) in [6, 6.07) is 3.54. The lowest BCUT2D eigenvalue weighted by molar-refractivity contribution is -0.137. The van der Waals surface area contributed by atoms with Crippen LogP contribution in [0.5, 0.6) is 0 Å². The summed E-state index contributed by atoms with van der Waals surface area (Å²) in [5.41, 5.74) is -0.830. The highest BCUT2D eigenvalue weighted by Gasteiger charge is 2.34. The lowest BCUT2D eigenvalue weighted by Crippen LogP contribution is -2.08. The zero-order valence-corrected chi connectivity index (χ0v) is 8.37. The van der Waals surface area contributed by atoms with Crippen LogP contribution in [0, 0.1) is 0 Å². The molecule has 1 aromatic carbocycles. The van der Waals surface area contributed by atoms with Crippen molar-refractivity contribution in [1.29, 1.82) is 0 Å². The van der Waals surface area contributed by atoms with Gasteiger partial charge in [0.1, 0.15) is 6.33 Å². The van der Waals surface area contributed by atoms with Crippen molar-refractivity contribution < 1.29 is 13.2 Å². The third kappa shape index (κ3) is 1.85. The maximum Gasteiger partial charge on any atom is 0.417 e. The van der Waals surface area contributed by atoms with Crippen LogP contribution >= 0.6 is 11.6 Å². The van der Waals surface area contributed by atoms with E-state index in [-0.39, 0.29) is 5.69 Å². The first kappa shape index (κ1) is 10.9. The van der Waals surface area contributed by atoms with Crippen molar-refractivity contribution >= 4 is 11.6 Å². The molecule has 4 nitrogen and oxygen atoms in total. The zero-order valence-electron chi connectivity index (χ0n) is 7.61. The number of aromatic nitrogens is 4. The first-order valence-corrected chi connectivity index (χ1v) is 4.47. The van der Waals surface area contributed by atoms with Crippen LogP contribution in [0.15, 0.2) is 24.5 Å². The maximum absolute atomic E-state index is 12.5. The van der Waals surface area contributed by atoms with Gasteiger partial charge in [0.2, 0.25) is 0 Å². The number of halogens is 4. The van der Waals surface area contributed by atoms with Crippen molar-refractivity contribution in [3.8, 4) is 5.69 Å². The number of hydrogen-bond donors (Lipinski definition) is 0. The molecule has 1 aromatic heterocycles. The molecule has 0 spiro atoms. The SMILES string of the molecule is FC(F)(F)c1cccc(-n2cnnn2)c1Cl. The molecule has 0 aliphatic rings. The largest absolute Gasteiger partial charge is 0.417 e. The van der Waals surface area contributed by atoms with Crippen molar-refractivity contribution in [2.45, 2.75) is 6.18 Å². The summed E-state index contributed by atoms with van der Waals surface area (Å²) in [6.45, 7) is 0. The van der Waals surface area contributed by atoms with Gasteiger partial charge in [0.05, 0.1) is 16.3 Å². The molecular formula is C8H4ClF3N4. The van der Waals surface area contributed by atoms with Crippen LogP contribution in [-0.4, -0.2) is 20.2 Å². The first-order chi connectivity index (χ1) is 7.50. The molecule has 8 heteroatoms. The molecule has 0 unspecified atom stereocenters. The van der Waals surface area contributed by atoms with Crippen LogP contribution in [0.1, 0.15) is 5.56 Å². The van der Waals surface area contributed by atoms with Gasteiger partial charge in [-0.05, 0) is 22.6 Å². The van der Waals surface area contributed by atoms with E-state index in [4.69, 9.17) is 11.6 Å². The lowest BCUT2D eigenvalue weighted by atomic mass is 10.2. The summed E-state index contributed by atoms with van der Waals surface area (Å²) in [5, 5.41) is 9.69. The number of benzene rings is 1. The molecule has 1 heterocycles. The van der Waals surface area contributed by atoms with Crippen molar-refractivity contribution in [3.05, 3.63) is 35.1 Å². The number of alkyl halides is 3. The fraction of sp³-hybridized carbons (Fsp3) is 0.125. The summed E-state index contributed by atoms with van der Waals surface area (Å²) >= 11 is 5.65. The lowest BCUT2D eigenvalue weighted by Gasteiger charge is -2.11. The molecule has 0 atom stereocenters. The molecule has 0 aliphatic heterocycles. The van der Waals surface area contributed by atoms with Gasteiger partial charge in [0.25, 0.3) is 0 Å². The third-order valence-corrected chi connectivity index (χ3v) is 2.28. The molecular weight excluding hydrogens is 245 g/mol. The monoisotopic (exact) mass is 248 g/mol. The third-order valence-electron chi connectivity index (χ3n) is 1.88. The van der Waals surface area contributed by atoms with Crippen LogP contribution in [0.2, 0.25) is 5.02 Å². The summed E-state index contributed by atoms with van der Waals surface area (Å²) in [5.74, 6) is 0. The highest BCUT2D eigenvalue weighted by atomic mass is 35.5. The van der Waals surface area contributed by atoms with Crippen molar-refractivity contribution in [2.75, 3.05) is 0 Å². The predicted molar refractivity (Wildman–Crippen MR) is 49.2 cm³/mol. The fourth-order valence-corrected chi connectivity index (χ4v) is 1.51. The van der Waals surface area contributed by atoms with E-state index in [0.29, 0.717) is 0 Å². The van der Waals surface area contributed by atoms with Gasteiger partial charge in [-0.2, -0.15) is 17.9 Å². The number of rotatable bonds is 1. The molecule has 0 saturated carbocycles. The van der Waals surface area contributed by atoms with Gasteiger partial charge in [-0.15, -0.1) is 5.10 Å². The van der Waals surface area contributed by atoms with Gasteiger partial charge in [-0.3, -0.25) is 0 Å². The average molecular weight is 249 g/mol. The second-order valence-electron chi connectivity index (χ2n) is 2.89. The van der Waals surface area contributed by atoms with Crippen LogP contribution in [0.4, 0.5) is 13.2 Å². The minimum Gasteiger partial charge on any atom is -0.199 e. The Morgan fingerprint density at radius 3 is 2.56 bits per heavy atom. The van der Waals surface area contributed by atoms with Crippen LogP contribution in [-0.2, 0) is 6.18 Å². The van der Waals surface area contributed by atoms with E-state index in [0.717, 1.165) is 10.7 Å². The van der Waals surface area contributed by atoms with Gasteiger partial charge < -0.3 is 0 Å². The zero-order chi connectivity index (χ0) is 11.8. The predicted octanol–water partition coefficient (Wildman–Crippen LogP) is 2.33. The molecule has 2 rings (SSSR count). The van der Waals surface area contributed by atoms with Crippen molar-refractivity contribution in [3.63, 3.8) is 0 Å². The minimum atomic E-state index is -4.50. The Morgan fingerprint density at radius 1 is 1.25 bits per heavy atom. The van der Waals surface area contributed by atoms with Crippen LogP contribution in [0.25, 0.3) is 5.69 Å². The average Bonchev–Trinajstić information content (AvgIpc) is 2.69. The molecule has 2 aromatic rings. The van der Waals surface area contributed by atoms with E-state index in [2.05, 4.69) is 15.5 Å². The number of tetrazole rings is 1. The standard InChI is InChI=1S/C8H4ClF3N4/c9-7-5(8(10,11)12)2-1-3-6(7)16-4-13-14-15-16/h1-4H. The Morgan fingerprint density at radius 2 is 2.00 bits per heavy atom. The van der Waals surface area contributed by atoms with E-state index in [1.807, 2.05) is 0 Å². The summed E-state index contributed by atoms with van der Waals surface area (Å²) in [6.07, 6.45) is -3.33. The Hall–Kier alpha value is -1.63. The second kappa shape index (κ2) is 3.75. The molecule has 0 radical (unpaired) electrons. The normalized spacial score (nSPS) is 11.8. The molecule has 0 aliphatic carbocycles. The maximum atomic E-state index is 12.5. The Bertz CT molecular complexity index is 494. The Balaban J connectivity index is 2.58. The highest BCUT2D eigenvalue weighted by molar-refractivity contribution is 6.33. The van der Waals surface area contributed by atoms with E-state index in [1.165, 1.54) is 18.5 Å². The number of hydrogen-bond acceptors (Lipinski definition) is 3. The van der Waals surface area contributed by atoms with Crippen LogP contribution in [0.3, 0.4) is 0 Å².